The van der Waals surface area contributed by atoms with E-state index in [2.05, 4.69) is 22.0 Å². The van der Waals surface area contributed by atoms with Crippen molar-refractivity contribution in [1.82, 2.24) is 15.1 Å². The van der Waals surface area contributed by atoms with Gasteiger partial charge in [0.1, 0.15) is 0 Å². The highest BCUT2D eigenvalue weighted by Crippen LogP contribution is 2.27. The van der Waals surface area contributed by atoms with Crippen molar-refractivity contribution in [2.24, 2.45) is 0 Å². The third kappa shape index (κ3) is 3.19. The molecule has 2 fully saturated rings. The second kappa shape index (κ2) is 5.83. The van der Waals surface area contributed by atoms with Crippen LogP contribution in [0.3, 0.4) is 0 Å². The van der Waals surface area contributed by atoms with E-state index in [4.69, 9.17) is 0 Å². The van der Waals surface area contributed by atoms with Crippen LogP contribution in [0.25, 0.3) is 0 Å². The zero-order chi connectivity index (χ0) is 12.3. The van der Waals surface area contributed by atoms with Crippen LogP contribution in [0.4, 0.5) is 0 Å². The molecular weight excluding hydrogens is 214 g/mol. The summed E-state index contributed by atoms with van der Waals surface area (Å²) in [6, 6.07) is 1.11. The lowest BCUT2D eigenvalue weighted by molar-refractivity contribution is -0.133. The van der Waals surface area contributed by atoms with Crippen LogP contribution in [-0.2, 0) is 4.79 Å². The number of carbonyl (C=O) groups is 1. The first kappa shape index (κ1) is 12.8. The summed E-state index contributed by atoms with van der Waals surface area (Å²) in [6.07, 6.45) is 4.87. The molecule has 1 unspecified atom stereocenters. The van der Waals surface area contributed by atoms with Gasteiger partial charge in [0.2, 0.25) is 5.91 Å². The van der Waals surface area contributed by atoms with Gasteiger partial charge in [-0.1, -0.05) is 0 Å². The Hall–Kier alpha value is -0.610. The Bertz CT molecular complexity index is 265. The van der Waals surface area contributed by atoms with E-state index in [1.165, 1.54) is 25.7 Å². The van der Waals surface area contributed by atoms with Gasteiger partial charge in [-0.25, -0.2) is 0 Å². The maximum Gasteiger partial charge on any atom is 0.236 e. The Morgan fingerprint density at radius 3 is 2.76 bits per heavy atom. The summed E-state index contributed by atoms with van der Waals surface area (Å²) in [5.41, 5.74) is 0. The van der Waals surface area contributed by atoms with Crippen molar-refractivity contribution in [3.8, 4) is 0 Å². The molecule has 1 saturated carbocycles. The Morgan fingerprint density at radius 1 is 1.41 bits per heavy atom. The molecule has 1 atom stereocenters. The third-order valence-electron chi connectivity index (χ3n) is 3.93. The molecule has 1 aliphatic carbocycles. The number of likely N-dealkylation sites (tertiary alicyclic amines) is 1. The van der Waals surface area contributed by atoms with Crippen LogP contribution in [-0.4, -0.2) is 61.0 Å². The molecule has 0 radical (unpaired) electrons. The molecule has 1 amide bonds. The topological polar surface area (TPSA) is 35.6 Å². The smallest absolute Gasteiger partial charge is 0.236 e. The van der Waals surface area contributed by atoms with Crippen LogP contribution in [0.15, 0.2) is 0 Å². The van der Waals surface area contributed by atoms with Crippen LogP contribution in [0.1, 0.15) is 32.6 Å². The monoisotopic (exact) mass is 239 g/mol. The molecule has 4 nitrogen and oxygen atoms in total. The number of hydrogen-bond donors (Lipinski definition) is 1. The van der Waals surface area contributed by atoms with E-state index in [-0.39, 0.29) is 0 Å². The normalized spacial score (nSPS) is 25.2. The molecule has 98 valence electrons. The summed E-state index contributed by atoms with van der Waals surface area (Å²) in [6.45, 7) is 5.67. The van der Waals surface area contributed by atoms with E-state index in [0.717, 1.165) is 19.6 Å². The fraction of sp³-hybridized carbons (Fsp3) is 0.923. The van der Waals surface area contributed by atoms with Gasteiger partial charge >= 0.3 is 0 Å². The lowest BCUT2D eigenvalue weighted by atomic mass is 10.2. The molecule has 0 bridgehead atoms. The van der Waals surface area contributed by atoms with Crippen molar-refractivity contribution in [2.75, 3.05) is 33.2 Å². The highest BCUT2D eigenvalue weighted by Gasteiger charge is 2.33. The van der Waals surface area contributed by atoms with Gasteiger partial charge in [0.25, 0.3) is 0 Å². The predicted molar refractivity (Wildman–Crippen MR) is 68.9 cm³/mol. The van der Waals surface area contributed by atoms with Gasteiger partial charge in [0.15, 0.2) is 0 Å². The maximum absolute atomic E-state index is 12.2. The van der Waals surface area contributed by atoms with Gasteiger partial charge in [-0.3, -0.25) is 9.69 Å². The minimum Gasteiger partial charge on any atom is -0.339 e. The zero-order valence-corrected chi connectivity index (χ0v) is 11.1. The summed E-state index contributed by atoms with van der Waals surface area (Å²) in [7, 11) is 1.99. The van der Waals surface area contributed by atoms with Crippen molar-refractivity contribution in [2.45, 2.75) is 44.7 Å². The molecule has 1 aliphatic heterocycles. The standard InChI is InChI=1S/C13H25N3O/c1-3-16(11-6-7-11)13(17)10-15-8-4-5-12(15)9-14-2/h11-12,14H,3-10H2,1-2H3. The van der Waals surface area contributed by atoms with Crippen LogP contribution in [0.5, 0.6) is 0 Å². The van der Waals surface area contributed by atoms with Crippen molar-refractivity contribution in [3.63, 3.8) is 0 Å². The van der Waals surface area contributed by atoms with Gasteiger partial charge in [0, 0.05) is 25.2 Å². The predicted octanol–water partition coefficient (Wildman–Crippen LogP) is 0.681. The summed E-state index contributed by atoms with van der Waals surface area (Å²) in [4.78, 5) is 16.6. The lowest BCUT2D eigenvalue weighted by Crippen LogP contribution is -2.45. The van der Waals surface area contributed by atoms with E-state index in [1.54, 1.807) is 0 Å². The van der Waals surface area contributed by atoms with Gasteiger partial charge in [-0.05, 0) is 46.2 Å². The number of amides is 1. The third-order valence-corrected chi connectivity index (χ3v) is 3.93. The highest BCUT2D eigenvalue weighted by atomic mass is 16.2. The molecule has 0 aromatic heterocycles. The van der Waals surface area contributed by atoms with Gasteiger partial charge in [-0.2, -0.15) is 0 Å². The van der Waals surface area contributed by atoms with Gasteiger partial charge in [-0.15, -0.1) is 0 Å². The summed E-state index contributed by atoms with van der Waals surface area (Å²) in [5, 5.41) is 3.22. The zero-order valence-electron chi connectivity index (χ0n) is 11.1. The molecule has 1 heterocycles. The van der Waals surface area contributed by atoms with E-state index in [9.17, 15) is 4.79 Å². The second-order valence-corrected chi connectivity index (χ2v) is 5.24. The Balaban J connectivity index is 1.84. The second-order valence-electron chi connectivity index (χ2n) is 5.24. The fourth-order valence-electron chi connectivity index (χ4n) is 2.86. The SMILES string of the molecule is CCN(C(=O)CN1CCCC1CNC)C1CC1. The number of hydrogen-bond acceptors (Lipinski definition) is 3. The molecule has 1 saturated heterocycles. The number of rotatable bonds is 6. The number of carbonyl (C=O) groups excluding carboxylic acids is 1. The molecule has 0 spiro atoms. The number of nitrogens with one attached hydrogen (secondary N) is 1. The van der Waals surface area contributed by atoms with Crippen LogP contribution in [0, 0.1) is 0 Å². The first-order chi connectivity index (χ1) is 8.26. The molecule has 0 aromatic carbocycles. The highest BCUT2D eigenvalue weighted by molar-refractivity contribution is 5.79. The Labute approximate surface area is 104 Å². The minimum atomic E-state index is 0.331. The minimum absolute atomic E-state index is 0.331. The van der Waals surface area contributed by atoms with Gasteiger partial charge < -0.3 is 10.2 Å². The Kier molecular flexibility index (Phi) is 4.40. The largest absolute Gasteiger partial charge is 0.339 e. The molecule has 2 rings (SSSR count). The molecule has 17 heavy (non-hydrogen) atoms. The summed E-state index contributed by atoms with van der Waals surface area (Å²) in [5.74, 6) is 0.331. The Morgan fingerprint density at radius 2 is 2.18 bits per heavy atom. The maximum atomic E-state index is 12.2. The average Bonchev–Trinajstić information content (AvgIpc) is 3.04. The van der Waals surface area contributed by atoms with Crippen molar-refractivity contribution >= 4 is 5.91 Å². The van der Waals surface area contributed by atoms with Crippen LogP contribution < -0.4 is 5.32 Å². The number of nitrogens with zero attached hydrogens (tertiary/aromatic N) is 2. The van der Waals surface area contributed by atoms with E-state index >= 15 is 0 Å². The molecule has 2 aliphatic rings. The quantitative estimate of drug-likeness (QED) is 0.740. The van der Waals surface area contributed by atoms with E-state index < -0.39 is 0 Å². The molecule has 0 aromatic rings. The van der Waals surface area contributed by atoms with Crippen molar-refractivity contribution < 1.29 is 4.79 Å². The number of likely N-dealkylation sites (N-methyl/N-ethyl adjacent to an activating group) is 2. The van der Waals surface area contributed by atoms with Crippen molar-refractivity contribution in [1.29, 1.82) is 0 Å². The molecule has 1 N–H and O–H groups in total. The molecular formula is C13H25N3O. The first-order valence-corrected chi connectivity index (χ1v) is 6.94. The first-order valence-electron chi connectivity index (χ1n) is 6.94. The van der Waals surface area contributed by atoms with Crippen LogP contribution >= 0.6 is 0 Å². The summed E-state index contributed by atoms with van der Waals surface area (Å²) < 4.78 is 0. The average molecular weight is 239 g/mol. The van der Waals surface area contributed by atoms with Crippen molar-refractivity contribution in [3.05, 3.63) is 0 Å². The van der Waals surface area contributed by atoms with Crippen LogP contribution in [0.2, 0.25) is 0 Å². The van der Waals surface area contributed by atoms with Gasteiger partial charge in [0.05, 0.1) is 6.54 Å². The van der Waals surface area contributed by atoms with E-state index in [0.29, 0.717) is 24.5 Å². The fourth-order valence-corrected chi connectivity index (χ4v) is 2.86. The lowest BCUT2D eigenvalue weighted by Gasteiger charge is -2.27. The van der Waals surface area contributed by atoms with E-state index in [1.807, 2.05) is 7.05 Å². The summed E-state index contributed by atoms with van der Waals surface area (Å²) >= 11 is 0. The molecule has 4 heteroatoms.